The number of aliphatic hydroxyl groups excluding tert-OH is 1. The fourth-order valence-electron chi connectivity index (χ4n) is 4.80. The summed E-state index contributed by atoms with van der Waals surface area (Å²) in [6, 6.07) is 13.8. The lowest BCUT2D eigenvalue weighted by atomic mass is 10.1. The summed E-state index contributed by atoms with van der Waals surface area (Å²) >= 11 is 6.25. The molecule has 16 heteroatoms. The quantitative estimate of drug-likeness (QED) is 0.104. The van der Waals surface area contributed by atoms with Crippen LogP contribution in [0, 0.1) is 0 Å². The second kappa shape index (κ2) is 14.0. The number of benzene rings is 2. The fourth-order valence-corrected chi connectivity index (χ4v) is 4.99. The summed E-state index contributed by atoms with van der Waals surface area (Å²) in [6.45, 7) is 0.521. The molecule has 0 radical (unpaired) electrons. The molecule has 4 N–H and O–H groups in total. The van der Waals surface area contributed by atoms with E-state index in [0.29, 0.717) is 46.3 Å². The SMILES string of the molecule is CNC(=O)[C@H]1O[C@@H](n2cnc3c(NCc4cc(Cl)ccc4OCC(=O)NCCc4ccccc4)ncnc32)[C@H](O)[C@@H]1N=[N+]=[N-]. The van der Waals surface area contributed by atoms with E-state index in [-0.39, 0.29) is 19.1 Å². The minimum Gasteiger partial charge on any atom is -0.483 e. The van der Waals surface area contributed by atoms with Gasteiger partial charge in [0.05, 0.1) is 6.33 Å². The minimum atomic E-state index is -1.35. The number of aromatic nitrogens is 4. The lowest BCUT2D eigenvalue weighted by molar-refractivity contribution is -0.134. The predicted octanol–water partition coefficient (Wildman–Crippen LogP) is 2.51. The number of carbonyl (C=O) groups is 2. The maximum Gasteiger partial charge on any atom is 0.257 e. The van der Waals surface area contributed by atoms with Crippen LogP contribution in [-0.4, -0.2) is 74.9 Å². The lowest BCUT2D eigenvalue weighted by Gasteiger charge is -2.17. The van der Waals surface area contributed by atoms with E-state index in [2.05, 4.69) is 40.9 Å². The summed E-state index contributed by atoms with van der Waals surface area (Å²) in [5.41, 5.74) is 11.4. The first-order valence-corrected chi connectivity index (χ1v) is 14.0. The van der Waals surface area contributed by atoms with Crippen molar-refractivity contribution in [1.29, 1.82) is 0 Å². The van der Waals surface area contributed by atoms with Crippen molar-refractivity contribution in [2.75, 3.05) is 25.5 Å². The van der Waals surface area contributed by atoms with Gasteiger partial charge in [0.2, 0.25) is 5.91 Å². The van der Waals surface area contributed by atoms with Crippen LogP contribution in [0.4, 0.5) is 5.82 Å². The zero-order chi connectivity index (χ0) is 31.1. The number of nitrogens with one attached hydrogen (secondary N) is 3. The highest BCUT2D eigenvalue weighted by Gasteiger charge is 2.48. The average molecular weight is 621 g/mol. The Morgan fingerprint density at radius 3 is 2.80 bits per heavy atom. The molecule has 1 aliphatic heterocycles. The predicted molar refractivity (Wildman–Crippen MR) is 160 cm³/mol. The number of imidazole rings is 1. The number of anilines is 1. The van der Waals surface area contributed by atoms with Crippen molar-refractivity contribution in [1.82, 2.24) is 30.2 Å². The number of ether oxygens (including phenoxy) is 2. The van der Waals surface area contributed by atoms with Crippen molar-refractivity contribution in [3.05, 3.63) is 87.8 Å². The summed E-state index contributed by atoms with van der Waals surface area (Å²) in [7, 11) is 1.41. The van der Waals surface area contributed by atoms with Gasteiger partial charge in [0.1, 0.15) is 30.3 Å². The van der Waals surface area contributed by atoms with Gasteiger partial charge in [-0.1, -0.05) is 47.0 Å². The molecule has 0 spiro atoms. The molecule has 3 heterocycles. The number of fused-ring (bicyclic) bond motifs is 1. The molecule has 2 aromatic carbocycles. The zero-order valence-electron chi connectivity index (χ0n) is 23.5. The molecule has 228 valence electrons. The number of hydrogen-bond acceptors (Lipinski definition) is 10. The van der Waals surface area contributed by atoms with Crippen LogP contribution in [-0.2, 0) is 27.3 Å². The number of likely N-dealkylation sites (N-methyl/N-ethyl adjacent to an activating group) is 1. The number of halogens is 1. The standard InChI is InChI=1S/C28H29ClN10O5/c1-31-27(42)24-21(37-38-30)23(41)28(44-24)39-15-36-22-25(34-14-35-26(22)39)33-12-17-11-18(29)7-8-19(17)43-13-20(40)32-10-9-16-5-3-2-4-6-16/h2-8,11,14-15,21,23-24,28,41H,9-10,12-13H2,1H3,(H,31,42)(H,32,40)(H,33,34,35)/t21-,23+,24-,28+/m0/s1. The molecular formula is C28H29ClN10O5. The van der Waals surface area contributed by atoms with Crippen molar-refractivity contribution in [3.63, 3.8) is 0 Å². The first-order chi connectivity index (χ1) is 21.4. The number of nitrogens with zero attached hydrogens (tertiary/aromatic N) is 7. The van der Waals surface area contributed by atoms with Crippen LogP contribution in [0.5, 0.6) is 5.75 Å². The Hall–Kier alpha value is -4.95. The molecule has 1 aliphatic rings. The molecule has 4 atom stereocenters. The van der Waals surface area contributed by atoms with Crippen molar-refractivity contribution in [3.8, 4) is 5.75 Å². The topological polar surface area (TPSA) is 201 Å². The Morgan fingerprint density at radius 1 is 1.20 bits per heavy atom. The lowest BCUT2D eigenvalue weighted by Crippen LogP contribution is -2.40. The van der Waals surface area contributed by atoms with E-state index < -0.39 is 30.4 Å². The number of rotatable bonds is 12. The molecule has 4 aromatic rings. The number of carbonyl (C=O) groups excluding carboxylic acids is 2. The molecule has 44 heavy (non-hydrogen) atoms. The van der Waals surface area contributed by atoms with Gasteiger partial charge in [-0.25, -0.2) is 15.0 Å². The second-order valence-corrected chi connectivity index (χ2v) is 10.2. The summed E-state index contributed by atoms with van der Waals surface area (Å²) in [6.07, 6.45) is -0.255. The van der Waals surface area contributed by atoms with Crippen molar-refractivity contribution >= 4 is 40.4 Å². The largest absolute Gasteiger partial charge is 0.483 e. The minimum absolute atomic E-state index is 0.177. The Morgan fingerprint density at radius 2 is 2.02 bits per heavy atom. The second-order valence-electron chi connectivity index (χ2n) is 9.77. The van der Waals surface area contributed by atoms with Gasteiger partial charge in [-0.15, -0.1) is 0 Å². The normalized spacial score (nSPS) is 19.2. The zero-order valence-corrected chi connectivity index (χ0v) is 24.3. The molecule has 1 fully saturated rings. The number of amides is 2. The molecule has 1 saturated heterocycles. The molecule has 5 rings (SSSR count). The van der Waals surface area contributed by atoms with E-state index in [9.17, 15) is 14.7 Å². The Labute approximate surface area is 256 Å². The highest BCUT2D eigenvalue weighted by atomic mass is 35.5. The van der Waals surface area contributed by atoms with E-state index in [1.54, 1.807) is 18.2 Å². The number of azide groups is 1. The van der Waals surface area contributed by atoms with Gasteiger partial charge in [0.15, 0.2) is 29.8 Å². The first-order valence-electron chi connectivity index (χ1n) is 13.6. The summed E-state index contributed by atoms with van der Waals surface area (Å²) in [5.74, 6) is 0.0214. The Bertz CT molecular complexity index is 1680. The van der Waals surface area contributed by atoms with Gasteiger partial charge < -0.3 is 30.5 Å². The third-order valence-electron chi connectivity index (χ3n) is 6.97. The Balaban J connectivity index is 1.26. The third-order valence-corrected chi connectivity index (χ3v) is 7.20. The van der Waals surface area contributed by atoms with Crippen LogP contribution >= 0.6 is 11.6 Å². The van der Waals surface area contributed by atoms with Gasteiger partial charge in [-0.2, -0.15) is 0 Å². The molecule has 2 amide bonds. The summed E-state index contributed by atoms with van der Waals surface area (Å²) in [5, 5.41) is 23.4. The first kappa shape index (κ1) is 30.5. The van der Waals surface area contributed by atoms with E-state index in [1.807, 2.05) is 30.3 Å². The van der Waals surface area contributed by atoms with E-state index >= 15 is 0 Å². The van der Waals surface area contributed by atoms with Crippen molar-refractivity contribution in [2.24, 2.45) is 5.11 Å². The van der Waals surface area contributed by atoms with Gasteiger partial charge in [-0.3, -0.25) is 14.2 Å². The van der Waals surface area contributed by atoms with Crippen LogP contribution in [0.25, 0.3) is 21.6 Å². The monoisotopic (exact) mass is 620 g/mol. The fraction of sp³-hybridized carbons (Fsp3) is 0.321. The van der Waals surface area contributed by atoms with E-state index in [1.165, 1.54) is 24.3 Å². The molecule has 0 aliphatic carbocycles. The Kier molecular flexibility index (Phi) is 9.72. The highest BCUT2D eigenvalue weighted by molar-refractivity contribution is 6.30. The van der Waals surface area contributed by atoms with Crippen LogP contribution in [0.15, 0.2) is 66.3 Å². The number of aliphatic hydroxyl groups is 1. The van der Waals surface area contributed by atoms with Gasteiger partial charge in [-0.05, 0) is 35.7 Å². The van der Waals surface area contributed by atoms with E-state index in [4.69, 9.17) is 26.6 Å². The van der Waals surface area contributed by atoms with Gasteiger partial charge >= 0.3 is 0 Å². The smallest absolute Gasteiger partial charge is 0.257 e. The summed E-state index contributed by atoms with van der Waals surface area (Å²) < 4.78 is 13.0. The van der Waals surface area contributed by atoms with Crippen molar-refractivity contribution < 1.29 is 24.2 Å². The maximum absolute atomic E-state index is 12.4. The average Bonchev–Trinajstić information content (AvgIpc) is 3.61. The van der Waals surface area contributed by atoms with Crippen LogP contribution in [0.3, 0.4) is 0 Å². The molecule has 2 aromatic heterocycles. The third kappa shape index (κ3) is 6.82. The molecular weight excluding hydrogens is 592 g/mol. The molecule has 0 unspecified atom stereocenters. The molecule has 0 bridgehead atoms. The molecule has 0 saturated carbocycles. The van der Waals surface area contributed by atoms with Gasteiger partial charge in [0, 0.05) is 35.6 Å². The van der Waals surface area contributed by atoms with Gasteiger partial charge in [0.25, 0.3) is 5.91 Å². The maximum atomic E-state index is 12.4. The van der Waals surface area contributed by atoms with Crippen molar-refractivity contribution in [2.45, 2.75) is 37.4 Å². The summed E-state index contributed by atoms with van der Waals surface area (Å²) in [4.78, 5) is 40.4. The van der Waals surface area contributed by atoms with E-state index in [0.717, 1.165) is 5.56 Å². The molecule has 15 nitrogen and oxygen atoms in total. The van der Waals surface area contributed by atoms with Crippen LogP contribution in [0.2, 0.25) is 5.02 Å². The number of hydrogen-bond donors (Lipinski definition) is 4. The highest BCUT2D eigenvalue weighted by Crippen LogP contribution is 2.34. The van der Waals surface area contributed by atoms with Crippen LogP contribution < -0.4 is 20.7 Å². The van der Waals surface area contributed by atoms with Crippen LogP contribution in [0.1, 0.15) is 17.4 Å².